The molecule has 0 unspecified atom stereocenters. The first-order valence-corrected chi connectivity index (χ1v) is 8.76. The average Bonchev–Trinajstić information content (AvgIpc) is 2.71. The van der Waals surface area contributed by atoms with Crippen LogP contribution in [0.5, 0.6) is 11.5 Å². The van der Waals surface area contributed by atoms with E-state index in [9.17, 15) is 9.59 Å². The van der Waals surface area contributed by atoms with E-state index in [1.54, 1.807) is 18.2 Å². The van der Waals surface area contributed by atoms with Crippen LogP contribution in [0.25, 0.3) is 0 Å². The van der Waals surface area contributed by atoms with Gasteiger partial charge >= 0.3 is 5.97 Å². The lowest BCUT2D eigenvalue weighted by molar-refractivity contribution is -0.124. The first-order valence-electron chi connectivity index (χ1n) is 8.76. The molecule has 2 aromatic rings. The van der Waals surface area contributed by atoms with Crippen molar-refractivity contribution in [3.8, 4) is 11.5 Å². The van der Waals surface area contributed by atoms with Crippen LogP contribution < -0.4 is 14.8 Å². The van der Waals surface area contributed by atoms with Crippen LogP contribution in [0, 0.1) is 0 Å². The van der Waals surface area contributed by atoms with Crippen molar-refractivity contribution in [2.75, 3.05) is 20.8 Å². The van der Waals surface area contributed by atoms with E-state index in [4.69, 9.17) is 14.2 Å². The number of carbonyl (C=O) groups excluding carboxylic acids is 2. The van der Waals surface area contributed by atoms with Crippen LogP contribution in [-0.4, -0.2) is 32.7 Å². The number of benzene rings is 2. The molecule has 27 heavy (non-hydrogen) atoms. The second-order valence-corrected chi connectivity index (χ2v) is 6.00. The van der Waals surface area contributed by atoms with E-state index < -0.39 is 12.6 Å². The smallest absolute Gasteiger partial charge is 0.346 e. The van der Waals surface area contributed by atoms with Crippen LogP contribution in [0.1, 0.15) is 41.4 Å². The summed E-state index contributed by atoms with van der Waals surface area (Å²) in [6.07, 6.45) is 0.962. The molecule has 0 saturated carbocycles. The maximum Gasteiger partial charge on any atom is 0.346 e. The number of nitrogens with one attached hydrogen (secondary N) is 1. The molecule has 1 atom stereocenters. The van der Waals surface area contributed by atoms with Crippen LogP contribution in [0.15, 0.2) is 42.5 Å². The van der Waals surface area contributed by atoms with Crippen LogP contribution in [0.3, 0.4) is 0 Å². The molecule has 2 rings (SSSR count). The molecule has 0 radical (unpaired) electrons. The van der Waals surface area contributed by atoms with Crippen molar-refractivity contribution < 1.29 is 23.8 Å². The fourth-order valence-electron chi connectivity index (χ4n) is 2.66. The lowest BCUT2D eigenvalue weighted by Gasteiger charge is -2.16. The molecule has 6 nitrogen and oxygen atoms in total. The van der Waals surface area contributed by atoms with E-state index in [-0.39, 0.29) is 17.5 Å². The molecule has 0 aromatic heterocycles. The molecule has 0 saturated heterocycles. The number of amides is 1. The Hall–Kier alpha value is -3.02. The van der Waals surface area contributed by atoms with Gasteiger partial charge in [0.05, 0.1) is 20.3 Å². The Balaban J connectivity index is 1.96. The largest absolute Gasteiger partial charge is 0.496 e. The summed E-state index contributed by atoms with van der Waals surface area (Å²) in [7, 11) is 2.90. The number of ether oxygens (including phenoxy) is 3. The zero-order chi connectivity index (χ0) is 19.8. The van der Waals surface area contributed by atoms with Gasteiger partial charge < -0.3 is 19.5 Å². The molecular formula is C21H25NO5. The molecule has 0 fully saturated rings. The van der Waals surface area contributed by atoms with Crippen molar-refractivity contribution in [3.63, 3.8) is 0 Å². The summed E-state index contributed by atoms with van der Waals surface area (Å²) in [5, 5.41) is 2.82. The standard InChI is InChI=1S/C21H25NO5/c1-5-15-9-11-16(12-10-15)14(2)22-19(23)13-27-21(24)20-17(25-3)7-6-8-18(20)26-4/h6-12,14H,5,13H2,1-4H3,(H,22,23)/t14-/m1/s1. The Labute approximate surface area is 159 Å². The van der Waals surface area contributed by atoms with Crippen molar-refractivity contribution in [2.24, 2.45) is 0 Å². The lowest BCUT2D eigenvalue weighted by atomic mass is 10.1. The summed E-state index contributed by atoms with van der Waals surface area (Å²) < 4.78 is 15.5. The molecule has 1 N–H and O–H groups in total. The molecule has 0 heterocycles. The van der Waals surface area contributed by atoms with E-state index in [1.807, 2.05) is 31.2 Å². The van der Waals surface area contributed by atoms with Crippen molar-refractivity contribution >= 4 is 11.9 Å². The van der Waals surface area contributed by atoms with Crippen LogP contribution in [0.2, 0.25) is 0 Å². The Morgan fingerprint density at radius 3 is 2.11 bits per heavy atom. The molecule has 1 amide bonds. The third-order valence-electron chi connectivity index (χ3n) is 4.23. The van der Waals surface area contributed by atoms with Crippen molar-refractivity contribution in [1.29, 1.82) is 0 Å². The van der Waals surface area contributed by atoms with E-state index in [0.717, 1.165) is 12.0 Å². The molecule has 6 heteroatoms. The summed E-state index contributed by atoms with van der Waals surface area (Å²) in [5.41, 5.74) is 2.37. The van der Waals surface area contributed by atoms with Gasteiger partial charge in [0.25, 0.3) is 5.91 Å². The summed E-state index contributed by atoms with van der Waals surface area (Å²) in [5.74, 6) is -0.419. The SMILES string of the molecule is CCc1ccc([C@@H](C)NC(=O)COC(=O)c2c(OC)cccc2OC)cc1. The molecule has 0 bridgehead atoms. The zero-order valence-corrected chi connectivity index (χ0v) is 16.1. The Morgan fingerprint density at radius 1 is 1.00 bits per heavy atom. The maximum absolute atomic E-state index is 12.4. The summed E-state index contributed by atoms with van der Waals surface area (Å²) in [6, 6.07) is 12.8. The number of esters is 1. The van der Waals surface area contributed by atoms with Crippen LogP contribution >= 0.6 is 0 Å². The highest BCUT2D eigenvalue weighted by molar-refractivity contribution is 5.96. The first-order chi connectivity index (χ1) is 13.0. The normalized spacial score (nSPS) is 11.4. The second kappa shape index (κ2) is 9.62. The third kappa shape index (κ3) is 5.23. The van der Waals surface area contributed by atoms with Crippen molar-refractivity contribution in [3.05, 3.63) is 59.2 Å². The zero-order valence-electron chi connectivity index (χ0n) is 16.1. The molecule has 0 aliphatic heterocycles. The number of aryl methyl sites for hydroxylation is 1. The van der Waals surface area contributed by atoms with Gasteiger partial charge in [0.15, 0.2) is 6.61 Å². The first kappa shape index (κ1) is 20.3. The topological polar surface area (TPSA) is 73.9 Å². The molecule has 0 aliphatic rings. The number of carbonyl (C=O) groups is 2. The third-order valence-corrected chi connectivity index (χ3v) is 4.23. The minimum Gasteiger partial charge on any atom is -0.496 e. The summed E-state index contributed by atoms with van der Waals surface area (Å²) in [6.45, 7) is 3.58. The van der Waals surface area contributed by atoms with Gasteiger partial charge in [-0.3, -0.25) is 4.79 Å². The lowest BCUT2D eigenvalue weighted by Crippen LogP contribution is -2.31. The van der Waals surface area contributed by atoms with Gasteiger partial charge in [-0.2, -0.15) is 0 Å². The monoisotopic (exact) mass is 371 g/mol. The Kier molecular flexibility index (Phi) is 7.23. The van der Waals surface area contributed by atoms with Gasteiger partial charge in [0.1, 0.15) is 17.1 Å². The van der Waals surface area contributed by atoms with E-state index in [1.165, 1.54) is 19.8 Å². The van der Waals surface area contributed by atoms with Crippen LogP contribution in [0.4, 0.5) is 0 Å². The van der Waals surface area contributed by atoms with Gasteiger partial charge in [0.2, 0.25) is 0 Å². The van der Waals surface area contributed by atoms with Crippen LogP contribution in [-0.2, 0) is 16.0 Å². The summed E-state index contributed by atoms with van der Waals surface area (Å²) >= 11 is 0. The maximum atomic E-state index is 12.4. The highest BCUT2D eigenvalue weighted by Crippen LogP contribution is 2.28. The van der Waals surface area contributed by atoms with Gasteiger partial charge in [-0.15, -0.1) is 0 Å². The second-order valence-electron chi connectivity index (χ2n) is 6.00. The van der Waals surface area contributed by atoms with Gasteiger partial charge in [0, 0.05) is 0 Å². The Morgan fingerprint density at radius 2 is 1.59 bits per heavy atom. The number of hydrogen-bond donors (Lipinski definition) is 1. The fourth-order valence-corrected chi connectivity index (χ4v) is 2.66. The predicted octanol–water partition coefficient (Wildman–Crippen LogP) is 3.30. The number of rotatable bonds is 8. The Bertz CT molecular complexity index is 763. The van der Waals surface area contributed by atoms with Gasteiger partial charge in [-0.05, 0) is 36.6 Å². The molecule has 144 valence electrons. The van der Waals surface area contributed by atoms with E-state index >= 15 is 0 Å². The molecular weight excluding hydrogens is 346 g/mol. The highest BCUT2D eigenvalue weighted by Gasteiger charge is 2.21. The van der Waals surface area contributed by atoms with E-state index in [2.05, 4.69) is 12.2 Å². The fraction of sp³-hybridized carbons (Fsp3) is 0.333. The predicted molar refractivity (Wildman–Crippen MR) is 102 cm³/mol. The summed E-state index contributed by atoms with van der Waals surface area (Å²) in [4.78, 5) is 24.5. The quantitative estimate of drug-likeness (QED) is 0.721. The minimum atomic E-state index is -0.681. The van der Waals surface area contributed by atoms with Gasteiger partial charge in [-0.25, -0.2) is 4.79 Å². The number of methoxy groups -OCH3 is 2. The molecule has 2 aromatic carbocycles. The molecule has 0 aliphatic carbocycles. The minimum absolute atomic E-state index is 0.151. The van der Waals surface area contributed by atoms with Gasteiger partial charge in [-0.1, -0.05) is 37.3 Å². The van der Waals surface area contributed by atoms with Crippen molar-refractivity contribution in [1.82, 2.24) is 5.32 Å². The average molecular weight is 371 g/mol. The highest BCUT2D eigenvalue weighted by atomic mass is 16.5. The van der Waals surface area contributed by atoms with Crippen molar-refractivity contribution in [2.45, 2.75) is 26.3 Å². The molecule has 0 spiro atoms. The number of hydrogen-bond acceptors (Lipinski definition) is 5. The van der Waals surface area contributed by atoms with E-state index in [0.29, 0.717) is 11.5 Å².